The molecule has 2 N–H and O–H groups in total. The van der Waals surface area contributed by atoms with E-state index in [4.69, 9.17) is 10.5 Å². The van der Waals surface area contributed by atoms with E-state index in [0.29, 0.717) is 12.6 Å². The highest BCUT2D eigenvalue weighted by atomic mass is 32.2. The lowest BCUT2D eigenvalue weighted by Crippen LogP contribution is -2.42. The quantitative estimate of drug-likeness (QED) is 0.655. The first kappa shape index (κ1) is 15.2. The largest absolute Gasteiger partial charge is 0.376 e. The lowest BCUT2D eigenvalue weighted by molar-refractivity contribution is 0.0373. The van der Waals surface area contributed by atoms with Crippen LogP contribution in [0.15, 0.2) is 0 Å². The number of ether oxygens (including phenoxy) is 1. The van der Waals surface area contributed by atoms with Gasteiger partial charge in [-0.05, 0) is 26.6 Å². The average Bonchev–Trinajstić information content (AvgIpc) is 2.24. The molecular weight excluding hydrogens is 208 g/mol. The molecule has 0 aliphatic carbocycles. The minimum Gasteiger partial charge on any atom is -0.376 e. The van der Waals surface area contributed by atoms with Gasteiger partial charge in [-0.1, -0.05) is 6.92 Å². The Morgan fingerprint density at radius 3 is 2.47 bits per heavy atom. The van der Waals surface area contributed by atoms with Gasteiger partial charge in [0.05, 0.1) is 6.10 Å². The molecule has 0 bridgehead atoms. The van der Waals surface area contributed by atoms with Crippen molar-refractivity contribution in [2.24, 2.45) is 5.73 Å². The number of nitrogens with zero attached hydrogens (tertiary/aromatic N) is 1. The minimum atomic E-state index is 0.177. The van der Waals surface area contributed by atoms with Gasteiger partial charge in [-0.2, -0.15) is 11.8 Å². The molecule has 2 unspecified atom stereocenters. The highest BCUT2D eigenvalue weighted by molar-refractivity contribution is 7.98. The van der Waals surface area contributed by atoms with Crippen LogP contribution in [0.1, 0.15) is 20.3 Å². The Hall–Kier alpha value is 0.230. The van der Waals surface area contributed by atoms with Crippen LogP contribution in [0.4, 0.5) is 0 Å². The Bertz CT molecular complexity index is 147. The van der Waals surface area contributed by atoms with Crippen molar-refractivity contribution in [3.05, 3.63) is 0 Å². The van der Waals surface area contributed by atoms with E-state index in [9.17, 15) is 0 Å². The van der Waals surface area contributed by atoms with Crippen LogP contribution in [0.3, 0.4) is 0 Å². The lowest BCUT2D eigenvalue weighted by atomic mass is 10.2. The number of hydrogen-bond acceptors (Lipinski definition) is 4. The summed E-state index contributed by atoms with van der Waals surface area (Å²) in [5.74, 6) is 1.18. The number of likely N-dealkylation sites (N-methyl/N-ethyl adjacent to an activating group) is 1. The fraction of sp³-hybridized carbons (Fsp3) is 1.00. The standard InChI is InChI=1S/C11H26N2OS/c1-5-10(9-15-4)13(3)8-11(7-12)14-6-2/h10-11H,5-9,12H2,1-4H3. The molecule has 0 radical (unpaired) electrons. The summed E-state index contributed by atoms with van der Waals surface area (Å²) < 4.78 is 5.56. The average molecular weight is 234 g/mol. The molecule has 3 nitrogen and oxygen atoms in total. The maximum Gasteiger partial charge on any atom is 0.0823 e. The second kappa shape index (κ2) is 9.46. The predicted octanol–water partition coefficient (Wildman–Crippen LogP) is 1.42. The summed E-state index contributed by atoms with van der Waals surface area (Å²) in [6, 6.07) is 0.634. The highest BCUT2D eigenvalue weighted by Crippen LogP contribution is 2.09. The summed E-state index contributed by atoms with van der Waals surface area (Å²) in [5, 5.41) is 0. The van der Waals surface area contributed by atoms with E-state index in [1.54, 1.807) is 0 Å². The molecule has 92 valence electrons. The van der Waals surface area contributed by atoms with E-state index in [1.807, 2.05) is 18.7 Å². The molecule has 0 aromatic carbocycles. The fourth-order valence-corrected chi connectivity index (χ4v) is 2.53. The number of hydrogen-bond donors (Lipinski definition) is 1. The van der Waals surface area contributed by atoms with Crippen molar-refractivity contribution in [3.63, 3.8) is 0 Å². The SMILES string of the molecule is CCOC(CN)CN(C)C(CC)CSC. The number of thioether (sulfide) groups is 1. The second-order valence-electron chi connectivity index (χ2n) is 3.77. The van der Waals surface area contributed by atoms with Crippen LogP contribution < -0.4 is 5.73 Å². The van der Waals surface area contributed by atoms with Gasteiger partial charge in [-0.25, -0.2) is 0 Å². The monoisotopic (exact) mass is 234 g/mol. The molecular formula is C11H26N2OS. The maximum absolute atomic E-state index is 5.67. The summed E-state index contributed by atoms with van der Waals surface area (Å²) in [6.07, 6.45) is 3.51. The minimum absolute atomic E-state index is 0.177. The van der Waals surface area contributed by atoms with Crippen LogP contribution >= 0.6 is 11.8 Å². The van der Waals surface area contributed by atoms with Gasteiger partial charge < -0.3 is 10.5 Å². The zero-order valence-corrected chi connectivity index (χ0v) is 11.3. The van der Waals surface area contributed by atoms with Crippen molar-refractivity contribution >= 4 is 11.8 Å². The van der Waals surface area contributed by atoms with Crippen molar-refractivity contribution in [1.29, 1.82) is 0 Å². The van der Waals surface area contributed by atoms with Crippen molar-refractivity contribution in [3.8, 4) is 0 Å². The van der Waals surface area contributed by atoms with Crippen LogP contribution in [-0.2, 0) is 4.74 Å². The van der Waals surface area contributed by atoms with Crippen LogP contribution in [0.25, 0.3) is 0 Å². The molecule has 0 fully saturated rings. The third-order valence-electron chi connectivity index (χ3n) is 2.61. The summed E-state index contributed by atoms with van der Waals surface area (Å²) >= 11 is 1.90. The highest BCUT2D eigenvalue weighted by Gasteiger charge is 2.16. The Morgan fingerprint density at radius 1 is 1.40 bits per heavy atom. The molecule has 0 spiro atoms. The zero-order chi connectivity index (χ0) is 11.7. The summed E-state index contributed by atoms with van der Waals surface area (Å²) in [7, 11) is 2.16. The maximum atomic E-state index is 5.67. The molecule has 2 atom stereocenters. The first-order chi connectivity index (χ1) is 7.19. The number of nitrogens with two attached hydrogens (primary N) is 1. The molecule has 4 heteroatoms. The molecule has 0 aromatic rings. The molecule has 0 aromatic heterocycles. The Kier molecular flexibility index (Phi) is 9.60. The first-order valence-corrected chi connectivity index (χ1v) is 7.09. The zero-order valence-electron chi connectivity index (χ0n) is 10.5. The molecule has 0 aliphatic heterocycles. The molecule has 0 amide bonds. The van der Waals surface area contributed by atoms with Crippen molar-refractivity contribution < 1.29 is 4.74 Å². The van der Waals surface area contributed by atoms with Gasteiger partial charge in [0.25, 0.3) is 0 Å². The van der Waals surface area contributed by atoms with Gasteiger partial charge in [-0.3, -0.25) is 4.90 Å². The summed E-state index contributed by atoms with van der Waals surface area (Å²) in [6.45, 7) is 6.53. The van der Waals surface area contributed by atoms with Crippen LogP contribution in [0.2, 0.25) is 0 Å². The van der Waals surface area contributed by atoms with Gasteiger partial charge in [0.1, 0.15) is 0 Å². The van der Waals surface area contributed by atoms with E-state index in [1.165, 1.54) is 12.2 Å². The van der Waals surface area contributed by atoms with Gasteiger partial charge >= 0.3 is 0 Å². The van der Waals surface area contributed by atoms with Gasteiger partial charge in [0.2, 0.25) is 0 Å². The normalized spacial score (nSPS) is 15.6. The molecule has 0 rings (SSSR count). The topological polar surface area (TPSA) is 38.5 Å². The Morgan fingerprint density at radius 2 is 2.07 bits per heavy atom. The fourth-order valence-electron chi connectivity index (χ4n) is 1.65. The molecule has 15 heavy (non-hydrogen) atoms. The summed E-state index contributed by atoms with van der Waals surface area (Å²) in [5.41, 5.74) is 5.67. The lowest BCUT2D eigenvalue weighted by Gasteiger charge is -2.29. The molecule has 0 saturated carbocycles. The van der Waals surface area contributed by atoms with Crippen LogP contribution in [0, 0.1) is 0 Å². The first-order valence-electron chi connectivity index (χ1n) is 5.70. The van der Waals surface area contributed by atoms with E-state index in [-0.39, 0.29) is 6.10 Å². The van der Waals surface area contributed by atoms with Gasteiger partial charge in [-0.15, -0.1) is 0 Å². The molecule has 0 heterocycles. The van der Waals surface area contributed by atoms with Crippen molar-refractivity contribution in [2.45, 2.75) is 32.4 Å². The van der Waals surface area contributed by atoms with E-state index >= 15 is 0 Å². The predicted molar refractivity (Wildman–Crippen MR) is 69.6 cm³/mol. The summed E-state index contributed by atoms with van der Waals surface area (Å²) in [4.78, 5) is 2.36. The van der Waals surface area contributed by atoms with Crippen LogP contribution in [0.5, 0.6) is 0 Å². The van der Waals surface area contributed by atoms with E-state index in [0.717, 1.165) is 13.2 Å². The Labute approximate surface area is 98.7 Å². The van der Waals surface area contributed by atoms with Crippen LogP contribution in [-0.4, -0.2) is 55.8 Å². The molecule has 0 aliphatic rings. The van der Waals surface area contributed by atoms with Crippen molar-refractivity contribution in [2.75, 3.05) is 38.8 Å². The Balaban J connectivity index is 3.99. The van der Waals surface area contributed by atoms with E-state index < -0.39 is 0 Å². The third kappa shape index (κ3) is 6.40. The third-order valence-corrected chi connectivity index (χ3v) is 3.33. The van der Waals surface area contributed by atoms with Gasteiger partial charge in [0, 0.05) is 31.5 Å². The van der Waals surface area contributed by atoms with E-state index in [2.05, 4.69) is 25.1 Å². The van der Waals surface area contributed by atoms with Gasteiger partial charge in [0.15, 0.2) is 0 Å². The van der Waals surface area contributed by atoms with Crippen molar-refractivity contribution in [1.82, 2.24) is 4.90 Å². The molecule has 0 saturated heterocycles. The second-order valence-corrected chi connectivity index (χ2v) is 4.68. The smallest absolute Gasteiger partial charge is 0.0823 e. The number of rotatable bonds is 9.